The van der Waals surface area contributed by atoms with Gasteiger partial charge in [0.15, 0.2) is 5.82 Å². The minimum atomic E-state index is -0.764. The fraction of sp³-hybridized carbons (Fsp3) is 0.294. The normalized spacial score (nSPS) is 11.0. The third-order valence-corrected chi connectivity index (χ3v) is 7.10. The lowest BCUT2D eigenvalue weighted by molar-refractivity contribution is 0.0954. The van der Waals surface area contributed by atoms with Crippen LogP contribution >= 0.6 is 0 Å². The van der Waals surface area contributed by atoms with Crippen molar-refractivity contribution in [3.8, 4) is 11.4 Å². The number of nitrogens with zero attached hydrogens (tertiary/aromatic N) is 3. The Balaban J connectivity index is 1.46. The van der Waals surface area contributed by atoms with E-state index in [0.29, 0.717) is 30.1 Å². The zero-order valence-corrected chi connectivity index (χ0v) is 25.8. The van der Waals surface area contributed by atoms with E-state index in [1.54, 1.807) is 31.6 Å². The molecule has 0 bridgehead atoms. The second kappa shape index (κ2) is 14.4. The van der Waals surface area contributed by atoms with Crippen molar-refractivity contribution < 1.29 is 19.1 Å². The van der Waals surface area contributed by atoms with Gasteiger partial charge in [-0.1, -0.05) is 54.6 Å². The van der Waals surface area contributed by atoms with Crippen LogP contribution in [0.25, 0.3) is 5.69 Å². The van der Waals surface area contributed by atoms with E-state index < -0.39 is 11.6 Å². The molecule has 0 aliphatic carbocycles. The van der Waals surface area contributed by atoms with Crippen molar-refractivity contribution >= 4 is 17.8 Å². The summed E-state index contributed by atoms with van der Waals surface area (Å²) >= 11 is 0. The van der Waals surface area contributed by atoms with Gasteiger partial charge in [0, 0.05) is 37.1 Å². The van der Waals surface area contributed by atoms with Gasteiger partial charge < -0.3 is 25.0 Å². The summed E-state index contributed by atoms with van der Waals surface area (Å²) in [6, 6.07) is 22.3. The number of likely N-dealkylation sites (N-methyl/N-ethyl adjacent to an activating group) is 1. The van der Waals surface area contributed by atoms with Crippen LogP contribution < -0.4 is 20.9 Å². The molecule has 4 aromatic rings. The first-order chi connectivity index (χ1) is 21.1. The van der Waals surface area contributed by atoms with Gasteiger partial charge in [-0.05, 0) is 57.0 Å². The summed E-state index contributed by atoms with van der Waals surface area (Å²) in [6.07, 6.45) is 2.70. The van der Waals surface area contributed by atoms with E-state index in [-0.39, 0.29) is 30.5 Å². The number of rotatable bonds is 12. The van der Waals surface area contributed by atoms with Crippen LogP contribution in [-0.2, 0) is 16.9 Å². The Morgan fingerprint density at radius 1 is 1.02 bits per heavy atom. The predicted molar refractivity (Wildman–Crippen MR) is 170 cm³/mol. The van der Waals surface area contributed by atoms with Gasteiger partial charge in [0.05, 0.1) is 17.8 Å². The fourth-order valence-electron chi connectivity index (χ4n) is 4.65. The molecule has 0 atom stereocenters. The molecule has 2 N–H and O–H groups in total. The summed E-state index contributed by atoms with van der Waals surface area (Å²) in [5.74, 6) is 0.552. The summed E-state index contributed by atoms with van der Waals surface area (Å²) in [4.78, 5) is 44.3. The number of aromatic nitrogens is 2. The zero-order valence-electron chi connectivity index (χ0n) is 25.8. The molecule has 1 aromatic heterocycles. The van der Waals surface area contributed by atoms with Crippen molar-refractivity contribution in [2.45, 2.75) is 39.8 Å². The van der Waals surface area contributed by atoms with Gasteiger partial charge >= 0.3 is 6.09 Å². The third kappa shape index (κ3) is 7.83. The number of aryl methyl sites for hydroxylation is 1. The average Bonchev–Trinajstić information content (AvgIpc) is 3.02. The number of benzene rings is 3. The largest absolute Gasteiger partial charge is 0.491 e. The van der Waals surface area contributed by atoms with E-state index in [9.17, 15) is 14.4 Å². The number of amides is 2. The maximum atomic E-state index is 13.6. The zero-order chi connectivity index (χ0) is 31.7. The highest BCUT2D eigenvalue weighted by atomic mass is 16.6. The fourth-order valence-corrected chi connectivity index (χ4v) is 4.65. The number of anilines is 1. The number of carbonyl (C=O) groups excluding carboxylic acids is 2. The van der Waals surface area contributed by atoms with Crippen molar-refractivity contribution in [2.75, 3.05) is 32.1 Å². The van der Waals surface area contributed by atoms with Crippen molar-refractivity contribution in [3.05, 3.63) is 118 Å². The summed E-state index contributed by atoms with van der Waals surface area (Å²) in [5, 5.41) is 6.08. The Kier molecular flexibility index (Phi) is 10.4. The van der Waals surface area contributed by atoms with Crippen molar-refractivity contribution in [1.29, 1.82) is 0 Å². The number of nitrogens with one attached hydrogen (secondary N) is 2. The first-order valence-electron chi connectivity index (χ1n) is 14.5. The summed E-state index contributed by atoms with van der Waals surface area (Å²) in [7, 11) is 1.66. The first-order valence-corrected chi connectivity index (χ1v) is 14.5. The van der Waals surface area contributed by atoms with E-state index >= 15 is 0 Å². The Morgan fingerprint density at radius 2 is 1.75 bits per heavy atom. The van der Waals surface area contributed by atoms with Gasteiger partial charge in [0.1, 0.15) is 19.0 Å². The van der Waals surface area contributed by atoms with Gasteiger partial charge in [0.25, 0.3) is 11.5 Å². The van der Waals surface area contributed by atoms with Crippen LogP contribution in [0.3, 0.4) is 0 Å². The Labute approximate surface area is 257 Å². The average molecular weight is 598 g/mol. The van der Waals surface area contributed by atoms with Crippen LogP contribution in [0.4, 0.5) is 10.6 Å². The Bertz CT molecular complexity index is 1650. The standard InChI is InChI=1S/C34H39N5O5/c1-6-35-31(40)26-17-16-24(2)28(22-26)39-19-18-36-30(32(39)41)37-34(3,4)27-14-10-11-15-29(27)43-21-20-38(5)33(42)44-23-25-12-8-7-9-13-25/h7-19,22H,6,20-21,23H2,1-5H3,(H,35,40)(H,36,37). The molecule has 1 heterocycles. The maximum absolute atomic E-state index is 13.6. The molecule has 2 amide bonds. The molecule has 0 spiro atoms. The second-order valence-corrected chi connectivity index (χ2v) is 10.9. The quantitative estimate of drug-likeness (QED) is 0.228. The highest BCUT2D eigenvalue weighted by Gasteiger charge is 2.26. The minimum Gasteiger partial charge on any atom is -0.491 e. The SMILES string of the molecule is CCNC(=O)c1ccc(C)c(-n2ccnc(NC(C)(C)c3ccccc3OCCN(C)C(=O)OCc3ccccc3)c2=O)c1. The van der Waals surface area contributed by atoms with Crippen LogP contribution in [0.15, 0.2) is 90.0 Å². The van der Waals surface area contributed by atoms with Crippen molar-refractivity contribution in [2.24, 2.45) is 0 Å². The van der Waals surface area contributed by atoms with Gasteiger partial charge in [-0.3, -0.25) is 14.2 Å². The predicted octanol–water partition coefficient (Wildman–Crippen LogP) is 5.29. The molecule has 10 heteroatoms. The number of carbonyl (C=O) groups is 2. The lowest BCUT2D eigenvalue weighted by Crippen LogP contribution is -2.34. The molecule has 230 valence electrons. The molecular weight excluding hydrogens is 558 g/mol. The molecule has 0 unspecified atom stereocenters. The molecule has 4 rings (SSSR count). The molecule has 0 aliphatic rings. The van der Waals surface area contributed by atoms with Crippen molar-refractivity contribution in [3.63, 3.8) is 0 Å². The molecule has 10 nitrogen and oxygen atoms in total. The summed E-state index contributed by atoms with van der Waals surface area (Å²) in [6.45, 7) is 8.85. The molecular formula is C34H39N5O5. The van der Waals surface area contributed by atoms with Gasteiger partial charge in [0.2, 0.25) is 0 Å². The molecule has 3 aromatic carbocycles. The number of para-hydroxylation sites is 1. The lowest BCUT2D eigenvalue weighted by Gasteiger charge is -2.29. The van der Waals surface area contributed by atoms with Crippen LogP contribution in [0.5, 0.6) is 5.75 Å². The Hall–Kier alpha value is -5.12. The topological polar surface area (TPSA) is 115 Å². The maximum Gasteiger partial charge on any atom is 0.409 e. The third-order valence-electron chi connectivity index (χ3n) is 7.10. The van der Waals surface area contributed by atoms with Gasteiger partial charge in [-0.25, -0.2) is 9.78 Å². The number of hydrogen-bond donors (Lipinski definition) is 2. The summed E-state index contributed by atoms with van der Waals surface area (Å²) in [5.41, 5.74) is 2.50. The number of ether oxygens (including phenoxy) is 2. The van der Waals surface area contributed by atoms with E-state index in [0.717, 1.165) is 16.7 Å². The number of hydrogen-bond acceptors (Lipinski definition) is 7. The van der Waals surface area contributed by atoms with E-state index in [1.807, 2.05) is 88.4 Å². The van der Waals surface area contributed by atoms with Gasteiger partial charge in [-0.15, -0.1) is 0 Å². The highest BCUT2D eigenvalue weighted by molar-refractivity contribution is 5.94. The molecule has 44 heavy (non-hydrogen) atoms. The molecule has 0 fully saturated rings. The van der Waals surface area contributed by atoms with Crippen molar-refractivity contribution in [1.82, 2.24) is 19.8 Å². The van der Waals surface area contributed by atoms with Crippen LogP contribution in [0, 0.1) is 6.92 Å². The smallest absolute Gasteiger partial charge is 0.409 e. The summed E-state index contributed by atoms with van der Waals surface area (Å²) < 4.78 is 13.0. The Morgan fingerprint density at radius 3 is 2.50 bits per heavy atom. The lowest BCUT2D eigenvalue weighted by atomic mass is 9.93. The molecule has 0 radical (unpaired) electrons. The molecule has 0 saturated carbocycles. The monoisotopic (exact) mass is 597 g/mol. The molecule has 0 aliphatic heterocycles. The van der Waals surface area contributed by atoms with Crippen LogP contribution in [0.1, 0.15) is 47.8 Å². The van der Waals surface area contributed by atoms with E-state index in [4.69, 9.17) is 9.47 Å². The van der Waals surface area contributed by atoms with Gasteiger partial charge in [-0.2, -0.15) is 0 Å². The highest BCUT2D eigenvalue weighted by Crippen LogP contribution is 2.32. The first kappa shape index (κ1) is 31.8. The van der Waals surface area contributed by atoms with Crippen LogP contribution in [0.2, 0.25) is 0 Å². The second-order valence-electron chi connectivity index (χ2n) is 10.9. The van der Waals surface area contributed by atoms with E-state index in [2.05, 4.69) is 15.6 Å². The molecule has 0 saturated heterocycles. The minimum absolute atomic E-state index is 0.149. The van der Waals surface area contributed by atoms with Crippen LogP contribution in [-0.4, -0.2) is 53.2 Å². The van der Waals surface area contributed by atoms with E-state index in [1.165, 1.54) is 9.47 Å².